The van der Waals surface area contributed by atoms with Crippen molar-refractivity contribution in [1.82, 2.24) is 20.4 Å². The summed E-state index contributed by atoms with van der Waals surface area (Å²) < 4.78 is 5.61. The number of hydrogen-bond donors (Lipinski definition) is 3. The third kappa shape index (κ3) is 6.39. The second-order valence-electron chi connectivity index (χ2n) is 14.9. The van der Waals surface area contributed by atoms with Crippen molar-refractivity contribution in [1.29, 1.82) is 0 Å². The SMILES string of the molecule is CC(C)C(C(=O)NCC(NC(=O)OCC12CC3CC(CC(C3)C1)C2)C(=O)O)N1C(=O)N(Cc2ccccc2)C(C)(c2ccccc2)C1=O. The molecule has 0 spiro atoms. The van der Waals surface area contributed by atoms with Gasteiger partial charge in [0.2, 0.25) is 5.91 Å². The number of urea groups is 1. The number of imide groups is 1. The quantitative estimate of drug-likeness (QED) is 0.275. The number of carboxylic acids is 1. The van der Waals surface area contributed by atoms with Crippen LogP contribution in [0.4, 0.5) is 9.59 Å². The van der Waals surface area contributed by atoms with Crippen molar-refractivity contribution in [2.45, 2.75) is 83.5 Å². The van der Waals surface area contributed by atoms with Crippen LogP contribution in [0, 0.1) is 29.1 Å². The van der Waals surface area contributed by atoms with E-state index in [0.29, 0.717) is 23.3 Å². The first-order valence-electron chi connectivity index (χ1n) is 17.1. The number of hydrogen-bond acceptors (Lipinski definition) is 6. The Bertz CT molecular complexity index is 1510. The molecule has 4 aliphatic carbocycles. The molecule has 0 radical (unpaired) electrons. The predicted octanol–water partition coefficient (Wildman–Crippen LogP) is 4.90. The molecule has 3 unspecified atom stereocenters. The maximum absolute atomic E-state index is 14.3. The number of alkyl carbamates (subject to hydrolysis) is 1. The van der Waals surface area contributed by atoms with Gasteiger partial charge in [0.05, 0.1) is 6.61 Å². The fourth-order valence-electron chi connectivity index (χ4n) is 9.13. The predicted molar refractivity (Wildman–Crippen MR) is 176 cm³/mol. The van der Waals surface area contributed by atoms with Crippen molar-refractivity contribution in [3.63, 3.8) is 0 Å². The fraction of sp³-hybridized carbons (Fsp3) is 0.541. The largest absolute Gasteiger partial charge is 0.480 e. The van der Waals surface area contributed by atoms with Crippen molar-refractivity contribution in [2.24, 2.45) is 29.1 Å². The Kier molecular flexibility index (Phi) is 9.24. The first-order chi connectivity index (χ1) is 22.9. The number of carboxylic acid groups (broad SMARTS) is 1. The van der Waals surface area contributed by atoms with Gasteiger partial charge in [-0.2, -0.15) is 0 Å². The molecule has 0 aromatic heterocycles. The number of benzene rings is 2. The molecule has 256 valence electrons. The number of nitrogens with zero attached hydrogens (tertiary/aromatic N) is 2. The zero-order chi connectivity index (χ0) is 34.2. The van der Waals surface area contributed by atoms with E-state index in [1.54, 1.807) is 45.0 Å². The summed E-state index contributed by atoms with van der Waals surface area (Å²) in [5.74, 6) is -1.04. The van der Waals surface area contributed by atoms with Crippen molar-refractivity contribution in [3.05, 3.63) is 71.8 Å². The maximum Gasteiger partial charge on any atom is 0.407 e. The Hall–Kier alpha value is -4.41. The minimum Gasteiger partial charge on any atom is -0.480 e. The molecule has 4 bridgehead atoms. The van der Waals surface area contributed by atoms with E-state index in [4.69, 9.17) is 4.74 Å². The van der Waals surface area contributed by atoms with Crippen LogP contribution in [0.25, 0.3) is 0 Å². The lowest BCUT2D eigenvalue weighted by Gasteiger charge is -2.56. The number of aliphatic carboxylic acids is 1. The summed E-state index contributed by atoms with van der Waals surface area (Å²) in [5.41, 5.74) is -0.000642. The molecule has 5 aliphatic rings. The Labute approximate surface area is 281 Å². The highest BCUT2D eigenvalue weighted by atomic mass is 16.5. The van der Waals surface area contributed by atoms with Gasteiger partial charge in [0.1, 0.15) is 17.6 Å². The summed E-state index contributed by atoms with van der Waals surface area (Å²) >= 11 is 0. The van der Waals surface area contributed by atoms with Crippen LogP contribution in [-0.2, 0) is 31.2 Å². The molecular formula is C37H46N4O7. The van der Waals surface area contributed by atoms with Gasteiger partial charge in [-0.1, -0.05) is 74.5 Å². The lowest BCUT2D eigenvalue weighted by atomic mass is 9.50. The Morgan fingerprint density at radius 2 is 1.48 bits per heavy atom. The molecule has 3 N–H and O–H groups in total. The molecule has 1 aliphatic heterocycles. The van der Waals surface area contributed by atoms with Crippen molar-refractivity contribution in [3.8, 4) is 0 Å². The van der Waals surface area contributed by atoms with Crippen LogP contribution in [0.15, 0.2) is 60.7 Å². The average Bonchev–Trinajstić information content (AvgIpc) is 3.23. The normalized spacial score (nSPS) is 28.8. The monoisotopic (exact) mass is 658 g/mol. The van der Waals surface area contributed by atoms with E-state index in [-0.39, 0.29) is 18.6 Å². The molecule has 11 nitrogen and oxygen atoms in total. The van der Waals surface area contributed by atoms with Gasteiger partial charge >= 0.3 is 18.1 Å². The molecular weight excluding hydrogens is 612 g/mol. The number of carbonyl (C=O) groups excluding carboxylic acids is 4. The summed E-state index contributed by atoms with van der Waals surface area (Å²) in [6.07, 6.45) is 6.07. The van der Waals surface area contributed by atoms with Gasteiger partial charge in [0.25, 0.3) is 5.91 Å². The van der Waals surface area contributed by atoms with Gasteiger partial charge in [0.15, 0.2) is 0 Å². The summed E-state index contributed by atoms with van der Waals surface area (Å²) in [4.78, 5) is 69.6. The van der Waals surface area contributed by atoms with Gasteiger partial charge in [-0.25, -0.2) is 19.3 Å². The van der Waals surface area contributed by atoms with Crippen LogP contribution in [-0.4, -0.2) is 70.0 Å². The Balaban J connectivity index is 1.14. The summed E-state index contributed by atoms with van der Waals surface area (Å²) in [6, 6.07) is 15.0. The molecule has 5 fully saturated rings. The molecule has 5 amide bonds. The number of amides is 5. The summed E-state index contributed by atoms with van der Waals surface area (Å²) in [6.45, 7) is 5.06. The molecule has 3 atom stereocenters. The van der Waals surface area contributed by atoms with Crippen molar-refractivity contribution < 1.29 is 33.8 Å². The van der Waals surface area contributed by atoms with Crippen molar-refractivity contribution in [2.75, 3.05) is 13.2 Å². The standard InChI is InChI=1S/C37H46N4O7/c1-23(2)30(41-33(45)36(3,28-12-8-5-9-13-28)40(35(41)47)21-24-10-6-4-7-11-24)31(42)38-20-29(32(43)44)39-34(46)48-22-37-17-25-14-26(18-37)16-27(15-25)19-37/h4-13,23,25-27,29-30H,14-22H2,1-3H3,(H,38,42)(H,39,46)(H,43,44). The number of rotatable bonds is 12. The number of ether oxygens (including phenoxy) is 1. The molecule has 4 saturated carbocycles. The molecule has 48 heavy (non-hydrogen) atoms. The minimum atomic E-state index is -1.47. The second-order valence-corrected chi connectivity index (χ2v) is 14.9. The molecule has 2 aromatic carbocycles. The van der Waals surface area contributed by atoms with Gasteiger partial charge in [-0.05, 0) is 80.2 Å². The van der Waals surface area contributed by atoms with E-state index < -0.39 is 60.0 Å². The van der Waals surface area contributed by atoms with E-state index in [0.717, 1.165) is 29.7 Å². The molecule has 1 saturated heterocycles. The third-order valence-corrected chi connectivity index (χ3v) is 11.1. The third-order valence-electron chi connectivity index (χ3n) is 11.1. The first-order valence-corrected chi connectivity index (χ1v) is 17.1. The van der Waals surface area contributed by atoms with Gasteiger partial charge in [-0.15, -0.1) is 0 Å². The van der Waals surface area contributed by atoms with Crippen molar-refractivity contribution >= 4 is 29.9 Å². The zero-order valence-electron chi connectivity index (χ0n) is 27.9. The van der Waals surface area contributed by atoms with Gasteiger partial charge < -0.3 is 25.4 Å². The van der Waals surface area contributed by atoms with Crippen LogP contribution in [0.2, 0.25) is 0 Å². The summed E-state index contributed by atoms with van der Waals surface area (Å²) in [7, 11) is 0. The maximum atomic E-state index is 14.3. The van der Waals surface area contributed by atoms with E-state index >= 15 is 0 Å². The van der Waals surface area contributed by atoms with Crippen LogP contribution in [0.5, 0.6) is 0 Å². The minimum absolute atomic E-state index is 0.0268. The lowest BCUT2D eigenvalue weighted by Crippen LogP contribution is -2.56. The first kappa shape index (κ1) is 33.5. The zero-order valence-corrected chi connectivity index (χ0v) is 27.9. The molecule has 7 rings (SSSR count). The highest BCUT2D eigenvalue weighted by molar-refractivity contribution is 6.10. The lowest BCUT2D eigenvalue weighted by molar-refractivity contribution is -0.142. The average molecular weight is 659 g/mol. The topological polar surface area (TPSA) is 145 Å². The molecule has 11 heteroatoms. The van der Waals surface area contributed by atoms with E-state index in [9.17, 15) is 29.1 Å². The van der Waals surface area contributed by atoms with E-state index in [2.05, 4.69) is 10.6 Å². The Morgan fingerprint density at radius 3 is 2.02 bits per heavy atom. The van der Waals surface area contributed by atoms with E-state index in [1.807, 2.05) is 36.4 Å². The number of carbonyl (C=O) groups is 5. The molecule has 2 aromatic rings. The van der Waals surface area contributed by atoms with Crippen LogP contribution >= 0.6 is 0 Å². The van der Waals surface area contributed by atoms with E-state index in [1.165, 1.54) is 24.2 Å². The van der Waals surface area contributed by atoms with Crippen LogP contribution in [0.1, 0.15) is 70.4 Å². The second kappa shape index (κ2) is 13.2. The van der Waals surface area contributed by atoms with Gasteiger partial charge in [-0.3, -0.25) is 9.59 Å². The van der Waals surface area contributed by atoms with Gasteiger partial charge in [0, 0.05) is 18.5 Å². The molecule has 1 heterocycles. The summed E-state index contributed by atoms with van der Waals surface area (Å²) in [5, 5.41) is 14.9. The van der Waals surface area contributed by atoms with Crippen LogP contribution in [0.3, 0.4) is 0 Å². The fourth-order valence-corrected chi connectivity index (χ4v) is 9.13. The number of nitrogens with one attached hydrogen (secondary N) is 2. The highest BCUT2D eigenvalue weighted by Crippen LogP contribution is 2.60. The van der Waals surface area contributed by atoms with Crippen LogP contribution < -0.4 is 10.6 Å². The highest BCUT2D eigenvalue weighted by Gasteiger charge is 2.58. The Morgan fingerprint density at radius 1 is 0.917 bits per heavy atom. The smallest absolute Gasteiger partial charge is 0.407 e.